The molecule has 0 radical (unpaired) electrons. The van der Waals surface area contributed by atoms with E-state index in [1.165, 1.54) is 18.2 Å². The Labute approximate surface area is 251 Å². The lowest BCUT2D eigenvalue weighted by Crippen LogP contribution is -2.07. The van der Waals surface area contributed by atoms with Gasteiger partial charge in [-0.3, -0.25) is 13.7 Å². The number of phenolic OH excluding ortho intramolecular Hbond substituents is 4. The Balaban J connectivity index is 1.87. The van der Waals surface area contributed by atoms with E-state index >= 15 is 0 Å². The van der Waals surface area contributed by atoms with E-state index in [0.29, 0.717) is 0 Å². The van der Waals surface area contributed by atoms with Crippen molar-refractivity contribution in [3.05, 3.63) is 99.1 Å². The average molecular weight is 665 g/mol. The van der Waals surface area contributed by atoms with Crippen LogP contribution in [0.4, 0.5) is 0 Å². The third-order valence-electron chi connectivity index (χ3n) is 7.34. The highest BCUT2D eigenvalue weighted by Crippen LogP contribution is 2.39. The first-order valence-electron chi connectivity index (χ1n) is 12.6. The lowest BCUT2D eigenvalue weighted by atomic mass is 9.91. The Hall–Kier alpha value is -4.19. The summed E-state index contributed by atoms with van der Waals surface area (Å²) in [6, 6.07) is 9.90. The molecular formula is C28H24O13S3. The fraction of sp³-hybridized carbons (Fsp3) is 0.143. The van der Waals surface area contributed by atoms with Crippen LogP contribution in [-0.2, 0) is 56.0 Å². The summed E-state index contributed by atoms with van der Waals surface area (Å²) in [4.78, 5) is -2.00. The van der Waals surface area contributed by atoms with Gasteiger partial charge in [-0.1, -0.05) is 18.2 Å². The van der Waals surface area contributed by atoms with Crippen molar-refractivity contribution in [2.24, 2.45) is 0 Å². The van der Waals surface area contributed by atoms with E-state index in [4.69, 9.17) is 0 Å². The molecule has 0 amide bonds. The Morgan fingerprint density at radius 3 is 0.818 bits per heavy atom. The zero-order chi connectivity index (χ0) is 32.4. The normalized spacial score (nSPS) is 13.9. The number of para-hydroxylation sites is 1. The van der Waals surface area contributed by atoms with Gasteiger partial charge in [0, 0.05) is 59.1 Å². The van der Waals surface area contributed by atoms with Crippen LogP contribution in [-0.4, -0.2) is 59.3 Å². The molecule has 4 aromatic carbocycles. The van der Waals surface area contributed by atoms with E-state index in [0.717, 1.165) is 36.4 Å². The van der Waals surface area contributed by atoms with Crippen molar-refractivity contribution in [2.45, 2.75) is 40.4 Å². The largest absolute Gasteiger partial charge is 0.507 e. The second kappa shape index (κ2) is 10.8. The van der Waals surface area contributed by atoms with E-state index in [1.807, 2.05) is 0 Å². The fourth-order valence-corrected chi connectivity index (χ4v) is 6.94. The summed E-state index contributed by atoms with van der Waals surface area (Å²) in [7, 11) is -14.6. The van der Waals surface area contributed by atoms with E-state index in [1.54, 1.807) is 0 Å². The molecule has 13 nitrogen and oxygen atoms in total. The molecule has 1 aliphatic rings. The highest BCUT2D eigenvalue weighted by Gasteiger charge is 2.25. The fourth-order valence-electron chi connectivity index (χ4n) is 5.19. The second-order valence-electron chi connectivity index (χ2n) is 10.3. The summed E-state index contributed by atoms with van der Waals surface area (Å²) in [5.74, 6) is -1.93. The first kappa shape index (κ1) is 31.2. The van der Waals surface area contributed by atoms with Gasteiger partial charge in [-0.2, -0.15) is 25.3 Å². The first-order valence-corrected chi connectivity index (χ1v) is 16.9. The molecule has 7 N–H and O–H groups in total. The van der Waals surface area contributed by atoms with Gasteiger partial charge in [0.15, 0.2) is 0 Å². The molecule has 0 saturated heterocycles. The lowest BCUT2D eigenvalue weighted by Gasteiger charge is -2.18. The number of hydrogen-bond acceptors (Lipinski definition) is 10. The summed E-state index contributed by atoms with van der Waals surface area (Å²) in [6.07, 6.45) is -1.68. The quantitative estimate of drug-likeness (QED) is 0.137. The van der Waals surface area contributed by atoms with E-state index in [-0.39, 0.29) is 63.1 Å². The van der Waals surface area contributed by atoms with Crippen LogP contribution in [0.3, 0.4) is 0 Å². The smallest absolute Gasteiger partial charge is 0.294 e. The van der Waals surface area contributed by atoms with Crippen molar-refractivity contribution >= 4 is 30.4 Å². The van der Waals surface area contributed by atoms with Crippen molar-refractivity contribution in [1.82, 2.24) is 0 Å². The molecule has 1 aliphatic carbocycles. The maximum Gasteiger partial charge on any atom is 0.294 e. The second-order valence-corrected chi connectivity index (χ2v) is 14.6. The number of hydrogen-bond donors (Lipinski definition) is 7. The minimum Gasteiger partial charge on any atom is -0.507 e. The monoisotopic (exact) mass is 664 g/mol. The summed E-state index contributed by atoms with van der Waals surface area (Å²) in [5.41, 5.74) is -0.717. The molecule has 16 heteroatoms. The first-order chi connectivity index (χ1) is 20.3. The Kier molecular flexibility index (Phi) is 7.64. The molecule has 0 unspecified atom stereocenters. The van der Waals surface area contributed by atoms with Crippen LogP contribution < -0.4 is 0 Å². The standard InChI is InChI=1S/C28H24O13S3/c29-25-14-2-1-3-15(25)5-17-9-23(43(36,37)38)11-19(27(17)31)7-21-13-24(44(39,40)41)12-20(28(21)32)6-18-10-22(42(33,34)35)8-16(4-14)26(18)30/h1-3,8-13,29-32H,4-7H2,(H,33,34,35)(H,36,37,38)(H,39,40,41). The van der Waals surface area contributed by atoms with Gasteiger partial charge >= 0.3 is 0 Å². The number of fused-ring (bicyclic) bond motifs is 8. The van der Waals surface area contributed by atoms with Gasteiger partial charge in [0.1, 0.15) is 23.0 Å². The van der Waals surface area contributed by atoms with E-state index < -0.39 is 75.1 Å². The van der Waals surface area contributed by atoms with Crippen LogP contribution in [0.1, 0.15) is 44.5 Å². The van der Waals surface area contributed by atoms with Crippen LogP contribution >= 0.6 is 0 Å². The van der Waals surface area contributed by atoms with Gasteiger partial charge in [0.25, 0.3) is 30.4 Å². The van der Waals surface area contributed by atoms with Crippen molar-refractivity contribution < 1.29 is 59.3 Å². The van der Waals surface area contributed by atoms with Gasteiger partial charge in [-0.15, -0.1) is 0 Å². The minimum absolute atomic E-state index is 0.0844. The predicted octanol–water partition coefficient (Wildman–Crippen LogP) is 2.93. The molecule has 5 rings (SSSR count). The maximum atomic E-state index is 12.2. The summed E-state index contributed by atoms with van der Waals surface area (Å²) >= 11 is 0. The zero-order valence-corrected chi connectivity index (χ0v) is 24.8. The molecule has 4 aromatic rings. The third kappa shape index (κ3) is 6.08. The van der Waals surface area contributed by atoms with Crippen molar-refractivity contribution in [3.8, 4) is 23.0 Å². The average Bonchev–Trinajstić information content (AvgIpc) is 2.90. The summed E-state index contributed by atoms with van der Waals surface area (Å²) in [6.45, 7) is 0. The number of aromatic hydroxyl groups is 4. The molecule has 0 fully saturated rings. The SMILES string of the molecule is O=S(=O)(O)c1cc2c(O)c(c1)Cc1cc(S(=O)(=O)O)cc(c1O)Cc1cc(S(=O)(=O)O)cc(c1O)Cc1cccc(c1O)C2. The van der Waals surface area contributed by atoms with Crippen LogP contribution in [0, 0.1) is 0 Å². The van der Waals surface area contributed by atoms with Crippen molar-refractivity contribution in [2.75, 3.05) is 0 Å². The number of rotatable bonds is 3. The summed E-state index contributed by atoms with van der Waals surface area (Å²) in [5, 5.41) is 44.6. The Morgan fingerprint density at radius 1 is 0.386 bits per heavy atom. The van der Waals surface area contributed by atoms with Gasteiger partial charge in [-0.25, -0.2) is 0 Å². The third-order valence-corrected chi connectivity index (χ3v) is 9.84. The highest BCUT2D eigenvalue weighted by molar-refractivity contribution is 7.86. The molecule has 0 spiro atoms. The number of phenols is 4. The minimum atomic E-state index is -4.93. The van der Waals surface area contributed by atoms with Crippen LogP contribution in [0.5, 0.6) is 23.0 Å². The Bertz CT molecular complexity index is 2060. The molecule has 232 valence electrons. The van der Waals surface area contributed by atoms with Gasteiger partial charge in [-0.05, 0) is 47.5 Å². The van der Waals surface area contributed by atoms with Gasteiger partial charge in [0.2, 0.25) is 0 Å². The topological polar surface area (TPSA) is 244 Å². The molecule has 44 heavy (non-hydrogen) atoms. The van der Waals surface area contributed by atoms with Crippen LogP contribution in [0.15, 0.2) is 69.3 Å². The molecular weight excluding hydrogens is 640 g/mol. The highest BCUT2D eigenvalue weighted by atomic mass is 32.2. The van der Waals surface area contributed by atoms with E-state index in [2.05, 4.69) is 0 Å². The van der Waals surface area contributed by atoms with Crippen molar-refractivity contribution in [1.29, 1.82) is 0 Å². The summed E-state index contributed by atoms with van der Waals surface area (Å²) < 4.78 is 102. The predicted molar refractivity (Wildman–Crippen MR) is 153 cm³/mol. The number of benzene rings is 4. The zero-order valence-electron chi connectivity index (χ0n) is 22.3. The Morgan fingerprint density at radius 2 is 0.591 bits per heavy atom. The van der Waals surface area contributed by atoms with Crippen LogP contribution in [0.2, 0.25) is 0 Å². The lowest BCUT2D eigenvalue weighted by molar-refractivity contribution is 0.449. The van der Waals surface area contributed by atoms with Crippen molar-refractivity contribution in [3.63, 3.8) is 0 Å². The van der Waals surface area contributed by atoms with Gasteiger partial charge in [0.05, 0.1) is 14.7 Å². The molecule has 0 aromatic heterocycles. The molecule has 0 heterocycles. The van der Waals surface area contributed by atoms with Gasteiger partial charge < -0.3 is 20.4 Å². The van der Waals surface area contributed by atoms with Crippen LogP contribution in [0.25, 0.3) is 0 Å². The molecule has 8 bridgehead atoms. The maximum absolute atomic E-state index is 12.2. The van der Waals surface area contributed by atoms with E-state index in [9.17, 15) is 59.3 Å². The molecule has 0 saturated carbocycles. The molecule has 0 aliphatic heterocycles. The molecule has 0 atom stereocenters.